The van der Waals surface area contributed by atoms with Gasteiger partial charge < -0.3 is 19.5 Å². The zero-order valence-corrected chi connectivity index (χ0v) is 20.6. The molecule has 3 aromatic rings. The maximum Gasteiger partial charge on any atom is 0.255 e. The van der Waals surface area contributed by atoms with Crippen LogP contribution in [0.15, 0.2) is 83.9 Å². The zero-order chi connectivity index (χ0) is 25.0. The van der Waals surface area contributed by atoms with Crippen molar-refractivity contribution in [2.45, 2.75) is 44.4 Å². The van der Waals surface area contributed by atoms with E-state index in [4.69, 9.17) is 19.6 Å². The Kier molecular flexibility index (Phi) is 7.05. The lowest BCUT2D eigenvalue weighted by molar-refractivity contribution is -0.139. The maximum absolute atomic E-state index is 14.3. The van der Waals surface area contributed by atoms with E-state index in [0.29, 0.717) is 38.4 Å². The second kappa shape index (κ2) is 10.5. The minimum absolute atomic E-state index is 0.00774. The van der Waals surface area contributed by atoms with Gasteiger partial charge in [0.2, 0.25) is 5.90 Å². The van der Waals surface area contributed by atoms with Gasteiger partial charge >= 0.3 is 0 Å². The Morgan fingerprint density at radius 1 is 1.06 bits per heavy atom. The number of aliphatic hydroxyl groups is 1. The van der Waals surface area contributed by atoms with Crippen LogP contribution in [0.4, 0.5) is 0 Å². The Balaban J connectivity index is 1.58. The zero-order valence-electron chi connectivity index (χ0n) is 20.6. The normalized spacial score (nSPS) is 20.7. The van der Waals surface area contributed by atoms with Gasteiger partial charge in [0.05, 0.1) is 6.61 Å². The highest BCUT2D eigenvalue weighted by atomic mass is 16.5. The molecule has 2 heterocycles. The van der Waals surface area contributed by atoms with Crippen molar-refractivity contribution >= 4 is 11.8 Å². The fourth-order valence-corrected chi connectivity index (χ4v) is 5.09. The Morgan fingerprint density at radius 3 is 2.56 bits per heavy atom. The van der Waals surface area contributed by atoms with Crippen molar-refractivity contribution in [2.24, 2.45) is 4.99 Å². The molecule has 186 valence electrons. The van der Waals surface area contributed by atoms with Gasteiger partial charge in [0, 0.05) is 43.7 Å². The number of benzene rings is 3. The predicted molar refractivity (Wildman–Crippen MR) is 139 cm³/mol. The van der Waals surface area contributed by atoms with Gasteiger partial charge in [-0.15, -0.1) is 0 Å². The maximum atomic E-state index is 14.3. The number of aliphatic hydroxyl groups excluding tert-OH is 1. The van der Waals surface area contributed by atoms with E-state index in [-0.39, 0.29) is 12.5 Å². The molecule has 1 amide bonds. The third-order valence-electron chi connectivity index (χ3n) is 6.80. The summed E-state index contributed by atoms with van der Waals surface area (Å²) in [6, 6.07) is 25.8. The van der Waals surface area contributed by atoms with E-state index in [9.17, 15) is 4.79 Å². The smallest absolute Gasteiger partial charge is 0.255 e. The predicted octanol–water partition coefficient (Wildman–Crippen LogP) is 4.70. The average Bonchev–Trinajstić information content (AvgIpc) is 3.26. The standard InChI is InChI=1S/C30H32N2O4/c1-2-17-32-21-24-11-6-7-12-26(24)27-30(29(32)34,20-22-9-4-3-5-10-22)31-28(36-27)23-13-15-25(16-14-23)35-19-8-18-33/h3-7,9-16,27,33H,2,8,17-21H2,1H3/t27-,30-/m0/s1. The van der Waals surface area contributed by atoms with Gasteiger partial charge in [-0.2, -0.15) is 0 Å². The van der Waals surface area contributed by atoms with Gasteiger partial charge in [-0.1, -0.05) is 61.5 Å². The van der Waals surface area contributed by atoms with Gasteiger partial charge in [0.25, 0.3) is 5.91 Å². The van der Waals surface area contributed by atoms with E-state index < -0.39 is 11.6 Å². The van der Waals surface area contributed by atoms with Gasteiger partial charge in [-0.25, -0.2) is 4.99 Å². The number of hydrogen-bond acceptors (Lipinski definition) is 5. The molecule has 6 heteroatoms. The Morgan fingerprint density at radius 2 is 1.81 bits per heavy atom. The third kappa shape index (κ3) is 4.61. The third-order valence-corrected chi connectivity index (χ3v) is 6.80. The highest BCUT2D eigenvalue weighted by Gasteiger charge is 2.56. The SMILES string of the molecule is CCCN1Cc2ccccc2[C@@H]2OC(c3ccc(OCCCO)cc3)=N[C@]2(Cc2ccccc2)C1=O. The van der Waals surface area contributed by atoms with Crippen LogP contribution in [0.2, 0.25) is 0 Å². The molecule has 5 rings (SSSR count). The average molecular weight is 485 g/mol. The second-order valence-corrected chi connectivity index (χ2v) is 9.38. The fraction of sp³-hybridized carbons (Fsp3) is 0.333. The molecule has 1 N–H and O–H groups in total. The van der Waals surface area contributed by atoms with Crippen LogP contribution < -0.4 is 4.74 Å². The number of hydrogen-bond donors (Lipinski definition) is 1. The molecule has 2 atom stereocenters. The van der Waals surface area contributed by atoms with Gasteiger partial charge in [-0.05, 0) is 41.8 Å². The van der Waals surface area contributed by atoms with Crippen LogP contribution in [-0.4, -0.2) is 47.1 Å². The largest absolute Gasteiger partial charge is 0.494 e. The molecule has 0 fully saturated rings. The molecule has 6 nitrogen and oxygen atoms in total. The summed E-state index contributed by atoms with van der Waals surface area (Å²) in [4.78, 5) is 21.3. The van der Waals surface area contributed by atoms with E-state index in [0.717, 1.165) is 34.4 Å². The van der Waals surface area contributed by atoms with Crippen LogP contribution in [0.1, 0.15) is 48.1 Å². The summed E-state index contributed by atoms with van der Waals surface area (Å²) in [5.74, 6) is 1.20. The summed E-state index contributed by atoms with van der Waals surface area (Å²) < 4.78 is 12.3. The number of ether oxygens (including phenoxy) is 2. The first-order valence-electron chi connectivity index (χ1n) is 12.7. The number of rotatable bonds is 9. The molecular formula is C30H32N2O4. The van der Waals surface area contributed by atoms with Crippen molar-refractivity contribution < 1.29 is 19.4 Å². The molecule has 0 aliphatic carbocycles. The highest BCUT2D eigenvalue weighted by Crippen LogP contribution is 2.46. The lowest BCUT2D eigenvalue weighted by atomic mass is 9.81. The number of fused-ring (bicyclic) bond motifs is 3. The Hall–Kier alpha value is -3.64. The summed E-state index contributed by atoms with van der Waals surface area (Å²) in [5, 5.41) is 8.98. The van der Waals surface area contributed by atoms with Crippen LogP contribution >= 0.6 is 0 Å². The quantitative estimate of drug-likeness (QED) is 0.447. The van der Waals surface area contributed by atoms with E-state index in [1.807, 2.05) is 71.6 Å². The molecule has 0 bridgehead atoms. The summed E-state index contributed by atoms with van der Waals surface area (Å²) in [7, 11) is 0. The molecule has 0 spiro atoms. The molecule has 0 unspecified atom stereocenters. The molecular weight excluding hydrogens is 452 g/mol. The van der Waals surface area contributed by atoms with E-state index >= 15 is 0 Å². The summed E-state index contributed by atoms with van der Waals surface area (Å²) in [5.41, 5.74) is 2.88. The molecule has 36 heavy (non-hydrogen) atoms. The number of amides is 1. The molecule has 0 saturated carbocycles. The van der Waals surface area contributed by atoms with E-state index in [2.05, 4.69) is 19.1 Å². The van der Waals surface area contributed by atoms with Crippen molar-refractivity contribution in [1.29, 1.82) is 0 Å². The summed E-state index contributed by atoms with van der Waals surface area (Å²) in [6.07, 6.45) is 1.39. The number of nitrogens with zero attached hydrogens (tertiary/aromatic N) is 2. The first kappa shape index (κ1) is 24.1. The van der Waals surface area contributed by atoms with Crippen molar-refractivity contribution in [3.8, 4) is 5.75 Å². The Labute approximate surface area is 212 Å². The van der Waals surface area contributed by atoms with Gasteiger partial charge in [0.15, 0.2) is 11.6 Å². The van der Waals surface area contributed by atoms with Crippen LogP contribution in [-0.2, 0) is 22.5 Å². The molecule has 3 aromatic carbocycles. The molecule has 2 aliphatic heterocycles. The van der Waals surface area contributed by atoms with E-state index in [1.165, 1.54) is 0 Å². The number of aliphatic imine (C=N–C) groups is 1. The first-order chi connectivity index (χ1) is 17.6. The highest BCUT2D eigenvalue weighted by molar-refractivity contribution is 6.01. The molecule has 2 aliphatic rings. The lowest BCUT2D eigenvalue weighted by Crippen LogP contribution is -2.50. The van der Waals surface area contributed by atoms with Crippen LogP contribution in [0.3, 0.4) is 0 Å². The van der Waals surface area contributed by atoms with E-state index in [1.54, 1.807) is 0 Å². The second-order valence-electron chi connectivity index (χ2n) is 9.38. The number of carbonyl (C=O) groups is 1. The minimum atomic E-state index is -1.09. The van der Waals surface area contributed by atoms with Crippen LogP contribution in [0.5, 0.6) is 5.75 Å². The van der Waals surface area contributed by atoms with Crippen molar-refractivity contribution in [1.82, 2.24) is 4.90 Å². The minimum Gasteiger partial charge on any atom is -0.494 e. The Bertz CT molecular complexity index is 1230. The summed E-state index contributed by atoms with van der Waals surface area (Å²) in [6.45, 7) is 3.87. The molecule has 0 aromatic heterocycles. The monoisotopic (exact) mass is 484 g/mol. The topological polar surface area (TPSA) is 71.4 Å². The molecule has 0 radical (unpaired) electrons. The van der Waals surface area contributed by atoms with Crippen LogP contribution in [0.25, 0.3) is 0 Å². The van der Waals surface area contributed by atoms with Crippen molar-refractivity contribution in [3.63, 3.8) is 0 Å². The fourth-order valence-electron chi connectivity index (χ4n) is 5.09. The summed E-state index contributed by atoms with van der Waals surface area (Å²) >= 11 is 0. The number of carbonyl (C=O) groups excluding carboxylic acids is 1. The van der Waals surface area contributed by atoms with Crippen molar-refractivity contribution in [3.05, 3.63) is 101 Å². The molecule has 0 saturated heterocycles. The van der Waals surface area contributed by atoms with Crippen molar-refractivity contribution in [2.75, 3.05) is 19.8 Å². The lowest BCUT2D eigenvalue weighted by Gasteiger charge is -2.32. The van der Waals surface area contributed by atoms with Gasteiger partial charge in [-0.3, -0.25) is 4.79 Å². The van der Waals surface area contributed by atoms with Gasteiger partial charge in [0.1, 0.15) is 5.75 Å². The first-order valence-corrected chi connectivity index (χ1v) is 12.7. The van der Waals surface area contributed by atoms with Crippen LogP contribution in [0, 0.1) is 0 Å².